The molecule has 18 heavy (non-hydrogen) atoms. The van der Waals surface area contributed by atoms with Gasteiger partial charge in [0, 0.05) is 13.1 Å². The normalized spacial score (nSPS) is 22.6. The highest BCUT2D eigenvalue weighted by Gasteiger charge is 2.26. The lowest BCUT2D eigenvalue weighted by Gasteiger charge is -2.34. The van der Waals surface area contributed by atoms with Crippen molar-refractivity contribution in [2.24, 2.45) is 5.92 Å². The number of hydrogen-bond acceptors (Lipinski definition) is 1. The smallest absolute Gasteiger partial charge is 0.317 e. The van der Waals surface area contributed by atoms with Gasteiger partial charge >= 0.3 is 6.03 Å². The van der Waals surface area contributed by atoms with Crippen molar-refractivity contribution >= 4 is 6.03 Å². The molecule has 1 aliphatic rings. The molecule has 1 N–H and O–H groups in total. The van der Waals surface area contributed by atoms with Crippen LogP contribution < -0.4 is 5.32 Å². The Bertz CT molecular complexity index is 308. The van der Waals surface area contributed by atoms with E-state index in [9.17, 15) is 4.79 Å². The first-order valence-electron chi connectivity index (χ1n) is 7.15. The van der Waals surface area contributed by atoms with Gasteiger partial charge < -0.3 is 10.2 Å². The summed E-state index contributed by atoms with van der Waals surface area (Å²) in [7, 11) is 1.92. The Morgan fingerprint density at radius 1 is 1.33 bits per heavy atom. The maximum Gasteiger partial charge on any atom is 0.317 e. The first-order chi connectivity index (χ1) is 8.41. The Morgan fingerprint density at radius 3 is 2.56 bits per heavy atom. The Morgan fingerprint density at radius 2 is 2.00 bits per heavy atom. The van der Waals surface area contributed by atoms with Gasteiger partial charge in [-0.15, -0.1) is 0 Å². The lowest BCUT2D eigenvalue weighted by atomic mass is 9.87. The Labute approximate surface area is 112 Å². The molecule has 0 radical (unpaired) electrons. The van der Waals surface area contributed by atoms with Crippen LogP contribution in [0, 0.1) is 5.92 Å². The summed E-state index contributed by atoms with van der Waals surface area (Å²) in [5.41, 5.74) is 1.44. The second-order valence-corrected chi connectivity index (χ2v) is 5.96. The van der Waals surface area contributed by atoms with Gasteiger partial charge in [-0.1, -0.05) is 31.9 Å². The summed E-state index contributed by atoms with van der Waals surface area (Å²) in [6.07, 6.45) is 7.06. The van der Waals surface area contributed by atoms with Crippen LogP contribution in [0.4, 0.5) is 4.79 Å². The predicted octanol–water partition coefficient (Wildman–Crippen LogP) is 3.56. The minimum absolute atomic E-state index is 0.0477. The lowest BCUT2D eigenvalue weighted by molar-refractivity contribution is 0.187. The monoisotopic (exact) mass is 252 g/mol. The molecule has 0 bridgehead atoms. The molecular weight excluding hydrogens is 224 g/mol. The SMILES string of the molecule is CC(C)C=C1CCCC[C@@H]1N(C)C(=O)NC(C)C. The number of nitrogens with one attached hydrogen (secondary N) is 1. The van der Waals surface area contributed by atoms with Crippen molar-refractivity contribution in [1.82, 2.24) is 10.2 Å². The number of allylic oxidation sites excluding steroid dienone is 1. The maximum atomic E-state index is 12.1. The number of rotatable bonds is 3. The van der Waals surface area contributed by atoms with Crippen molar-refractivity contribution in [3.8, 4) is 0 Å². The van der Waals surface area contributed by atoms with Crippen molar-refractivity contribution in [2.45, 2.75) is 65.5 Å². The van der Waals surface area contributed by atoms with E-state index in [1.54, 1.807) is 0 Å². The molecule has 0 aliphatic heterocycles. The van der Waals surface area contributed by atoms with Crippen LogP contribution in [0.25, 0.3) is 0 Å². The fourth-order valence-electron chi connectivity index (χ4n) is 2.57. The molecule has 104 valence electrons. The van der Waals surface area contributed by atoms with Crippen molar-refractivity contribution in [2.75, 3.05) is 7.05 Å². The van der Waals surface area contributed by atoms with Crippen LogP contribution >= 0.6 is 0 Å². The molecule has 0 aromatic carbocycles. The van der Waals surface area contributed by atoms with Gasteiger partial charge in [0.1, 0.15) is 0 Å². The number of nitrogens with zero attached hydrogens (tertiary/aromatic N) is 1. The van der Waals surface area contributed by atoms with Crippen LogP contribution in [0.2, 0.25) is 0 Å². The second-order valence-electron chi connectivity index (χ2n) is 5.96. The number of carbonyl (C=O) groups excluding carboxylic acids is 1. The highest BCUT2D eigenvalue weighted by atomic mass is 16.2. The molecular formula is C15H28N2O. The maximum absolute atomic E-state index is 12.1. The first-order valence-corrected chi connectivity index (χ1v) is 7.15. The molecule has 1 fully saturated rings. The topological polar surface area (TPSA) is 32.3 Å². The largest absolute Gasteiger partial charge is 0.336 e. The Hall–Kier alpha value is -0.990. The molecule has 1 atom stereocenters. The summed E-state index contributed by atoms with van der Waals surface area (Å²) < 4.78 is 0. The van der Waals surface area contributed by atoms with Crippen molar-refractivity contribution in [3.63, 3.8) is 0 Å². The van der Waals surface area contributed by atoms with Crippen LogP contribution in [0.5, 0.6) is 0 Å². The minimum Gasteiger partial charge on any atom is -0.336 e. The van der Waals surface area contributed by atoms with E-state index in [1.165, 1.54) is 18.4 Å². The number of urea groups is 1. The third-order valence-corrected chi connectivity index (χ3v) is 3.37. The average molecular weight is 252 g/mol. The molecule has 0 aromatic heterocycles. The molecule has 1 rings (SSSR count). The van der Waals surface area contributed by atoms with Crippen molar-refractivity contribution in [1.29, 1.82) is 0 Å². The summed E-state index contributed by atoms with van der Waals surface area (Å²) in [5.74, 6) is 0.558. The zero-order chi connectivity index (χ0) is 13.7. The summed E-state index contributed by atoms with van der Waals surface area (Å²) >= 11 is 0. The van der Waals surface area contributed by atoms with Crippen LogP contribution in [-0.2, 0) is 0 Å². The molecule has 0 heterocycles. The summed E-state index contributed by atoms with van der Waals surface area (Å²) in [4.78, 5) is 14.0. The summed E-state index contributed by atoms with van der Waals surface area (Å²) in [5, 5.41) is 2.97. The number of likely N-dealkylation sites (N-methyl/N-ethyl adjacent to an activating group) is 1. The Balaban J connectivity index is 2.74. The second kappa shape index (κ2) is 6.81. The van der Waals surface area contributed by atoms with Crippen molar-refractivity contribution < 1.29 is 4.79 Å². The van der Waals surface area contributed by atoms with E-state index < -0.39 is 0 Å². The summed E-state index contributed by atoms with van der Waals surface area (Å²) in [6, 6.07) is 0.535. The highest BCUT2D eigenvalue weighted by Crippen LogP contribution is 2.28. The third kappa shape index (κ3) is 4.35. The van der Waals surface area contributed by atoms with E-state index in [0.29, 0.717) is 12.0 Å². The quantitative estimate of drug-likeness (QED) is 0.765. The van der Waals surface area contributed by atoms with E-state index in [1.807, 2.05) is 25.8 Å². The van der Waals surface area contributed by atoms with E-state index in [4.69, 9.17) is 0 Å². The fraction of sp³-hybridized carbons (Fsp3) is 0.800. The minimum atomic E-state index is 0.0477. The van der Waals surface area contributed by atoms with Gasteiger partial charge in [0.15, 0.2) is 0 Å². The zero-order valence-corrected chi connectivity index (χ0v) is 12.5. The Kier molecular flexibility index (Phi) is 5.70. The van der Waals surface area contributed by atoms with Gasteiger partial charge in [-0.25, -0.2) is 4.79 Å². The van der Waals surface area contributed by atoms with Gasteiger partial charge in [0.25, 0.3) is 0 Å². The molecule has 3 nitrogen and oxygen atoms in total. The number of amides is 2. The van der Waals surface area contributed by atoms with Gasteiger partial charge in [0.05, 0.1) is 6.04 Å². The van der Waals surface area contributed by atoms with Gasteiger partial charge in [-0.3, -0.25) is 0 Å². The molecule has 0 unspecified atom stereocenters. The molecule has 0 aromatic rings. The molecule has 1 saturated carbocycles. The average Bonchev–Trinajstić information content (AvgIpc) is 2.27. The van der Waals surface area contributed by atoms with E-state index >= 15 is 0 Å². The van der Waals surface area contributed by atoms with Crippen LogP contribution in [-0.4, -0.2) is 30.1 Å². The third-order valence-electron chi connectivity index (χ3n) is 3.37. The first kappa shape index (κ1) is 15.1. The summed E-state index contributed by atoms with van der Waals surface area (Å²) in [6.45, 7) is 8.40. The fourth-order valence-corrected chi connectivity index (χ4v) is 2.57. The van der Waals surface area contributed by atoms with E-state index in [0.717, 1.165) is 12.8 Å². The van der Waals surface area contributed by atoms with Crippen LogP contribution in [0.1, 0.15) is 53.4 Å². The van der Waals surface area contributed by atoms with Crippen molar-refractivity contribution in [3.05, 3.63) is 11.6 Å². The zero-order valence-electron chi connectivity index (χ0n) is 12.5. The van der Waals surface area contributed by atoms with E-state index in [-0.39, 0.29) is 12.1 Å². The molecule has 0 saturated heterocycles. The lowest BCUT2D eigenvalue weighted by Crippen LogP contribution is -2.47. The van der Waals surface area contributed by atoms with Crippen LogP contribution in [0.3, 0.4) is 0 Å². The standard InChI is InChI=1S/C15H28N2O/c1-11(2)10-13-8-6-7-9-14(13)17(5)15(18)16-12(3)4/h10-12,14H,6-9H2,1-5H3,(H,16,18)/t14-/m0/s1. The highest BCUT2D eigenvalue weighted by molar-refractivity contribution is 5.75. The van der Waals surface area contributed by atoms with Gasteiger partial charge in [-0.05, 0) is 39.0 Å². The molecule has 2 amide bonds. The molecule has 3 heteroatoms. The van der Waals surface area contributed by atoms with Gasteiger partial charge in [0.2, 0.25) is 0 Å². The number of hydrogen-bond donors (Lipinski definition) is 1. The number of carbonyl (C=O) groups is 1. The van der Waals surface area contributed by atoms with Gasteiger partial charge in [-0.2, -0.15) is 0 Å². The van der Waals surface area contributed by atoms with E-state index in [2.05, 4.69) is 25.2 Å². The molecule has 0 spiro atoms. The van der Waals surface area contributed by atoms with Crippen LogP contribution in [0.15, 0.2) is 11.6 Å². The molecule has 1 aliphatic carbocycles. The predicted molar refractivity (Wildman–Crippen MR) is 76.6 cm³/mol.